The third-order valence-corrected chi connectivity index (χ3v) is 3.93. The van der Waals surface area contributed by atoms with Crippen LogP contribution >= 0.6 is 11.6 Å². The monoisotopic (exact) mass is 296 g/mol. The van der Waals surface area contributed by atoms with E-state index in [1.807, 2.05) is 0 Å². The number of halogens is 2. The van der Waals surface area contributed by atoms with E-state index in [0.29, 0.717) is 5.71 Å². The zero-order valence-electron chi connectivity index (χ0n) is 10.8. The summed E-state index contributed by atoms with van der Waals surface area (Å²) in [6.07, 6.45) is 1.64. The highest BCUT2D eigenvalue weighted by Gasteiger charge is 2.34. The van der Waals surface area contributed by atoms with Crippen LogP contribution in [-0.2, 0) is 9.63 Å². The molecule has 0 aliphatic carbocycles. The molecule has 1 amide bonds. The predicted molar refractivity (Wildman–Crippen MR) is 73.3 cm³/mol. The molecule has 0 N–H and O–H groups in total. The Kier molecular flexibility index (Phi) is 3.61. The summed E-state index contributed by atoms with van der Waals surface area (Å²) < 4.78 is 13.8. The maximum Gasteiger partial charge on any atom is 0.266 e. The molecule has 0 aromatic heterocycles. The molecule has 1 atom stereocenters. The molecule has 0 radical (unpaired) electrons. The number of oxime groups is 1. The minimum Gasteiger partial charge on any atom is -0.382 e. The van der Waals surface area contributed by atoms with E-state index in [1.54, 1.807) is 11.0 Å². The van der Waals surface area contributed by atoms with Crippen molar-refractivity contribution in [2.45, 2.75) is 25.4 Å². The first-order valence-electron chi connectivity index (χ1n) is 6.62. The first-order valence-corrected chi connectivity index (χ1v) is 7.00. The maximum atomic E-state index is 13.8. The minimum absolute atomic E-state index is 0.0753. The molecule has 6 heteroatoms. The molecule has 1 fully saturated rings. The second-order valence-corrected chi connectivity index (χ2v) is 5.37. The number of rotatable bonds is 2. The number of carbonyl (C=O) groups is 1. The Labute approximate surface area is 121 Å². The van der Waals surface area contributed by atoms with Crippen LogP contribution in [0.4, 0.5) is 4.39 Å². The van der Waals surface area contributed by atoms with Crippen molar-refractivity contribution >= 4 is 23.2 Å². The molecule has 2 heterocycles. The molecule has 4 nitrogen and oxygen atoms in total. The summed E-state index contributed by atoms with van der Waals surface area (Å²) in [7, 11) is 0. The smallest absolute Gasteiger partial charge is 0.266 e. The van der Waals surface area contributed by atoms with Gasteiger partial charge in [-0.3, -0.25) is 4.79 Å². The van der Waals surface area contributed by atoms with Crippen LogP contribution in [0.5, 0.6) is 0 Å². The van der Waals surface area contributed by atoms with Crippen LogP contribution in [0.3, 0.4) is 0 Å². The van der Waals surface area contributed by atoms with Crippen LogP contribution in [0.2, 0.25) is 5.02 Å². The van der Waals surface area contributed by atoms with Crippen molar-refractivity contribution in [3.8, 4) is 0 Å². The summed E-state index contributed by atoms with van der Waals surface area (Å²) in [5.41, 5.74) is 0.622. The highest BCUT2D eigenvalue weighted by atomic mass is 35.5. The molecular weight excluding hydrogens is 283 g/mol. The Bertz CT molecular complexity index is 550. The Hall–Kier alpha value is -1.62. The molecule has 1 aromatic rings. The van der Waals surface area contributed by atoms with Crippen molar-refractivity contribution in [2.24, 2.45) is 5.16 Å². The molecule has 20 heavy (non-hydrogen) atoms. The fourth-order valence-electron chi connectivity index (χ4n) is 2.57. The lowest BCUT2D eigenvalue weighted by Gasteiger charge is -2.18. The first-order chi connectivity index (χ1) is 9.66. The fourth-order valence-corrected chi connectivity index (χ4v) is 2.84. The van der Waals surface area contributed by atoms with E-state index in [1.165, 1.54) is 12.1 Å². The van der Waals surface area contributed by atoms with Crippen LogP contribution < -0.4 is 0 Å². The Morgan fingerprint density at radius 1 is 1.40 bits per heavy atom. The highest BCUT2D eigenvalue weighted by Crippen LogP contribution is 2.26. The van der Waals surface area contributed by atoms with Crippen molar-refractivity contribution in [3.05, 3.63) is 34.6 Å². The van der Waals surface area contributed by atoms with Gasteiger partial charge in [0.15, 0.2) is 0 Å². The van der Waals surface area contributed by atoms with E-state index in [9.17, 15) is 9.18 Å². The first kappa shape index (κ1) is 13.4. The molecule has 0 spiro atoms. The van der Waals surface area contributed by atoms with Gasteiger partial charge in [0.25, 0.3) is 5.91 Å². The van der Waals surface area contributed by atoms with Crippen molar-refractivity contribution in [1.29, 1.82) is 0 Å². The average Bonchev–Trinajstić information content (AvgIpc) is 3.09. The average molecular weight is 297 g/mol. The van der Waals surface area contributed by atoms with Gasteiger partial charge in [-0.1, -0.05) is 22.8 Å². The van der Waals surface area contributed by atoms with Crippen LogP contribution in [0.1, 0.15) is 24.8 Å². The number of benzene rings is 1. The lowest BCUT2D eigenvalue weighted by molar-refractivity contribution is -0.140. The molecule has 3 rings (SSSR count). The van der Waals surface area contributed by atoms with Crippen molar-refractivity contribution < 1.29 is 14.0 Å². The molecule has 0 saturated carbocycles. The molecule has 2 aliphatic rings. The minimum atomic E-state index is -0.654. The van der Waals surface area contributed by atoms with Gasteiger partial charge in [0.05, 0.1) is 16.3 Å². The second-order valence-electron chi connectivity index (χ2n) is 4.97. The van der Waals surface area contributed by atoms with E-state index in [0.717, 1.165) is 25.9 Å². The summed E-state index contributed by atoms with van der Waals surface area (Å²) in [6, 6.07) is 4.45. The van der Waals surface area contributed by atoms with E-state index in [2.05, 4.69) is 5.16 Å². The fraction of sp³-hybridized carbons (Fsp3) is 0.429. The van der Waals surface area contributed by atoms with Gasteiger partial charge in [-0.15, -0.1) is 0 Å². The molecule has 0 unspecified atom stereocenters. The van der Waals surface area contributed by atoms with E-state index >= 15 is 0 Å². The van der Waals surface area contributed by atoms with E-state index in [-0.39, 0.29) is 22.9 Å². The van der Waals surface area contributed by atoms with Gasteiger partial charge in [0, 0.05) is 19.5 Å². The number of hydrogen-bond acceptors (Lipinski definition) is 3. The standard InChI is InChI=1S/C14H14ClFN2O2/c15-9-4-3-5-10(16)13(9)11-8-12(20-17-11)14(19)18-6-1-2-7-18/h3-5,12H,1-2,6-8H2/t12-/m0/s1. The highest BCUT2D eigenvalue weighted by molar-refractivity contribution is 6.34. The normalized spacial score (nSPS) is 21.8. The summed E-state index contributed by atoms with van der Waals surface area (Å²) in [5.74, 6) is -0.525. The topological polar surface area (TPSA) is 41.9 Å². The predicted octanol–water partition coefficient (Wildman–Crippen LogP) is 2.59. The maximum absolute atomic E-state index is 13.8. The van der Waals surface area contributed by atoms with Crippen LogP contribution in [0, 0.1) is 5.82 Å². The summed E-state index contributed by atoms with van der Waals surface area (Å²) in [5, 5.41) is 4.13. The van der Waals surface area contributed by atoms with Crippen LogP contribution in [0.25, 0.3) is 0 Å². The van der Waals surface area contributed by atoms with Crippen LogP contribution in [0.15, 0.2) is 23.4 Å². The van der Waals surface area contributed by atoms with Gasteiger partial charge in [-0.2, -0.15) is 0 Å². The Balaban J connectivity index is 1.74. The SMILES string of the molecule is O=C([C@@H]1CC(c2c(F)cccc2Cl)=NO1)N1CCCC1. The van der Waals surface area contributed by atoms with Gasteiger partial charge >= 0.3 is 0 Å². The van der Waals surface area contributed by atoms with Gasteiger partial charge in [0.1, 0.15) is 5.82 Å². The number of hydrogen-bond donors (Lipinski definition) is 0. The van der Waals surface area contributed by atoms with Gasteiger partial charge in [-0.05, 0) is 25.0 Å². The summed E-state index contributed by atoms with van der Waals surface area (Å²) >= 11 is 5.99. The lowest BCUT2D eigenvalue weighted by Crippen LogP contribution is -2.37. The largest absolute Gasteiger partial charge is 0.382 e. The van der Waals surface area contributed by atoms with Crippen molar-refractivity contribution in [1.82, 2.24) is 4.90 Å². The van der Waals surface area contributed by atoms with E-state index < -0.39 is 11.9 Å². The lowest BCUT2D eigenvalue weighted by atomic mass is 10.0. The number of likely N-dealkylation sites (tertiary alicyclic amines) is 1. The zero-order chi connectivity index (χ0) is 14.1. The number of carbonyl (C=O) groups excluding carboxylic acids is 1. The molecule has 0 bridgehead atoms. The summed E-state index contributed by atoms with van der Waals surface area (Å²) in [4.78, 5) is 19.1. The molecule has 1 saturated heterocycles. The number of nitrogens with zero attached hydrogens (tertiary/aromatic N) is 2. The van der Waals surface area contributed by atoms with Crippen molar-refractivity contribution in [2.75, 3.05) is 13.1 Å². The van der Waals surface area contributed by atoms with Gasteiger partial charge in [-0.25, -0.2) is 4.39 Å². The quantitative estimate of drug-likeness (QED) is 0.842. The molecule has 1 aromatic carbocycles. The third-order valence-electron chi connectivity index (χ3n) is 3.61. The van der Waals surface area contributed by atoms with Crippen LogP contribution in [-0.4, -0.2) is 35.7 Å². The van der Waals surface area contributed by atoms with Gasteiger partial charge in [0.2, 0.25) is 6.10 Å². The molecule has 106 valence electrons. The Morgan fingerprint density at radius 3 is 2.85 bits per heavy atom. The third kappa shape index (κ3) is 2.38. The van der Waals surface area contributed by atoms with Gasteiger partial charge < -0.3 is 9.74 Å². The molecule has 2 aliphatic heterocycles. The summed E-state index contributed by atoms with van der Waals surface area (Å²) in [6.45, 7) is 1.52. The van der Waals surface area contributed by atoms with Crippen molar-refractivity contribution in [3.63, 3.8) is 0 Å². The Morgan fingerprint density at radius 2 is 2.15 bits per heavy atom. The molecular formula is C14H14ClFN2O2. The van der Waals surface area contributed by atoms with E-state index in [4.69, 9.17) is 16.4 Å². The second kappa shape index (κ2) is 5.40. The number of amides is 1. The zero-order valence-corrected chi connectivity index (χ0v) is 11.6.